The van der Waals surface area contributed by atoms with Gasteiger partial charge in [-0.3, -0.25) is 4.79 Å². The Morgan fingerprint density at radius 1 is 1.09 bits per heavy atom. The molecule has 2 aromatic heterocycles. The predicted octanol–water partition coefficient (Wildman–Crippen LogP) is 5.18. The molecular formula is C24H22Cl2N4O2. The van der Waals surface area contributed by atoms with Gasteiger partial charge in [0.25, 0.3) is 5.91 Å². The summed E-state index contributed by atoms with van der Waals surface area (Å²) in [4.78, 5) is 17.7. The van der Waals surface area contributed by atoms with Gasteiger partial charge in [0, 0.05) is 32.9 Å². The number of aliphatic hydroxyl groups is 1. The van der Waals surface area contributed by atoms with Crippen LogP contribution in [0.2, 0.25) is 10.0 Å². The van der Waals surface area contributed by atoms with E-state index in [-0.39, 0.29) is 12.5 Å². The third-order valence-corrected chi connectivity index (χ3v) is 5.76. The fourth-order valence-corrected chi connectivity index (χ4v) is 3.89. The van der Waals surface area contributed by atoms with E-state index in [1.165, 1.54) is 0 Å². The number of rotatable bonds is 5. The first-order chi connectivity index (χ1) is 15.2. The molecule has 0 atom stereocenters. The SMILES string of the molecule is Cc1nn2c(-c3ccc(Cl)cc3)c(-c3ccccc3Cl)cnc2c1C(=O)NC(C)(C)CO. The molecule has 0 aliphatic rings. The van der Waals surface area contributed by atoms with E-state index >= 15 is 0 Å². The summed E-state index contributed by atoms with van der Waals surface area (Å²) in [6.07, 6.45) is 1.70. The van der Waals surface area contributed by atoms with Crippen molar-refractivity contribution < 1.29 is 9.90 Å². The second-order valence-electron chi connectivity index (χ2n) is 8.20. The number of hydrogen-bond donors (Lipinski definition) is 2. The van der Waals surface area contributed by atoms with Crippen molar-refractivity contribution in [2.45, 2.75) is 26.3 Å². The number of fused-ring (bicyclic) bond motifs is 1. The molecule has 1 amide bonds. The van der Waals surface area contributed by atoms with Crippen LogP contribution in [0.4, 0.5) is 0 Å². The van der Waals surface area contributed by atoms with Gasteiger partial charge in [-0.2, -0.15) is 5.10 Å². The van der Waals surface area contributed by atoms with Gasteiger partial charge >= 0.3 is 0 Å². The molecule has 0 aliphatic carbocycles. The van der Waals surface area contributed by atoms with Crippen molar-refractivity contribution in [3.05, 3.63) is 76.0 Å². The van der Waals surface area contributed by atoms with Crippen LogP contribution in [0.3, 0.4) is 0 Å². The average Bonchev–Trinajstić information content (AvgIpc) is 3.10. The summed E-state index contributed by atoms with van der Waals surface area (Å²) in [5.41, 5.74) is 3.67. The molecule has 164 valence electrons. The fourth-order valence-electron chi connectivity index (χ4n) is 3.53. The quantitative estimate of drug-likeness (QED) is 0.422. The topological polar surface area (TPSA) is 79.5 Å². The van der Waals surface area contributed by atoms with Crippen LogP contribution in [-0.2, 0) is 0 Å². The molecule has 32 heavy (non-hydrogen) atoms. The van der Waals surface area contributed by atoms with Gasteiger partial charge in [-0.05, 0) is 39.0 Å². The predicted molar refractivity (Wildman–Crippen MR) is 127 cm³/mol. The van der Waals surface area contributed by atoms with Crippen LogP contribution in [-0.4, -0.2) is 37.8 Å². The molecular weight excluding hydrogens is 447 g/mol. The lowest BCUT2D eigenvalue weighted by Crippen LogP contribution is -2.46. The molecule has 4 aromatic rings. The first kappa shape index (κ1) is 22.3. The number of aryl methyl sites for hydroxylation is 1. The number of carbonyl (C=O) groups is 1. The Bertz CT molecular complexity index is 1310. The zero-order valence-electron chi connectivity index (χ0n) is 17.9. The third kappa shape index (κ3) is 4.09. The van der Waals surface area contributed by atoms with Gasteiger partial charge in [0.15, 0.2) is 5.65 Å². The number of benzene rings is 2. The lowest BCUT2D eigenvalue weighted by molar-refractivity contribution is 0.0870. The summed E-state index contributed by atoms with van der Waals surface area (Å²) >= 11 is 12.6. The molecule has 0 radical (unpaired) electrons. The van der Waals surface area contributed by atoms with Crippen molar-refractivity contribution in [1.82, 2.24) is 19.9 Å². The van der Waals surface area contributed by atoms with E-state index in [9.17, 15) is 9.90 Å². The standard InChI is InChI=1S/C24H22Cl2N4O2/c1-14-20(23(32)28-24(2,3)13-31)22-27-12-18(17-6-4-5-7-19(17)26)21(30(22)29-14)15-8-10-16(25)11-9-15/h4-12,31H,13H2,1-3H3,(H,28,32). The molecule has 0 unspecified atom stereocenters. The zero-order valence-corrected chi connectivity index (χ0v) is 19.4. The zero-order chi connectivity index (χ0) is 23.0. The minimum absolute atomic E-state index is 0.197. The van der Waals surface area contributed by atoms with E-state index in [2.05, 4.69) is 15.4 Å². The Morgan fingerprint density at radius 3 is 2.44 bits per heavy atom. The molecule has 0 saturated carbocycles. The molecule has 2 heterocycles. The van der Waals surface area contributed by atoms with Crippen LogP contribution in [0.15, 0.2) is 54.7 Å². The first-order valence-electron chi connectivity index (χ1n) is 10.0. The van der Waals surface area contributed by atoms with Crippen LogP contribution < -0.4 is 5.32 Å². The van der Waals surface area contributed by atoms with Gasteiger partial charge in [0.05, 0.1) is 23.5 Å². The molecule has 2 N–H and O–H groups in total. The van der Waals surface area contributed by atoms with E-state index in [0.29, 0.717) is 26.9 Å². The number of hydrogen-bond acceptors (Lipinski definition) is 4. The van der Waals surface area contributed by atoms with Gasteiger partial charge in [-0.1, -0.05) is 53.5 Å². The normalized spacial score (nSPS) is 11.7. The Kier molecular flexibility index (Phi) is 5.95. The summed E-state index contributed by atoms with van der Waals surface area (Å²) in [6.45, 7) is 5.05. The molecule has 0 bridgehead atoms. The minimum atomic E-state index is -0.783. The van der Waals surface area contributed by atoms with Crippen LogP contribution in [0.1, 0.15) is 29.9 Å². The highest BCUT2D eigenvalue weighted by Crippen LogP contribution is 2.36. The van der Waals surface area contributed by atoms with E-state index in [0.717, 1.165) is 22.4 Å². The fraction of sp³-hybridized carbons (Fsp3) is 0.208. The highest BCUT2D eigenvalue weighted by atomic mass is 35.5. The van der Waals surface area contributed by atoms with E-state index in [4.69, 9.17) is 23.2 Å². The largest absolute Gasteiger partial charge is 0.394 e. The summed E-state index contributed by atoms with van der Waals surface area (Å²) in [5.74, 6) is -0.350. The molecule has 0 spiro atoms. The van der Waals surface area contributed by atoms with Crippen LogP contribution in [0.5, 0.6) is 0 Å². The third-order valence-electron chi connectivity index (χ3n) is 5.17. The number of carbonyl (C=O) groups excluding carboxylic acids is 1. The van der Waals surface area contributed by atoms with Crippen molar-refractivity contribution >= 4 is 34.8 Å². The lowest BCUT2D eigenvalue weighted by Gasteiger charge is -2.23. The molecule has 0 fully saturated rings. The van der Waals surface area contributed by atoms with E-state index in [1.807, 2.05) is 36.4 Å². The number of nitrogens with one attached hydrogen (secondary N) is 1. The van der Waals surface area contributed by atoms with E-state index in [1.54, 1.807) is 43.6 Å². The van der Waals surface area contributed by atoms with Crippen molar-refractivity contribution in [3.63, 3.8) is 0 Å². The van der Waals surface area contributed by atoms with Gasteiger partial charge in [0.2, 0.25) is 0 Å². The second kappa shape index (κ2) is 8.54. The van der Waals surface area contributed by atoms with Crippen molar-refractivity contribution in [3.8, 4) is 22.4 Å². The molecule has 4 rings (SSSR count). The summed E-state index contributed by atoms with van der Waals surface area (Å²) in [7, 11) is 0. The molecule has 0 saturated heterocycles. The smallest absolute Gasteiger partial charge is 0.257 e. The number of halogens is 2. The lowest BCUT2D eigenvalue weighted by atomic mass is 10.0. The van der Waals surface area contributed by atoms with Crippen molar-refractivity contribution in [2.75, 3.05) is 6.61 Å². The average molecular weight is 469 g/mol. The Morgan fingerprint density at radius 2 is 1.78 bits per heavy atom. The van der Waals surface area contributed by atoms with Crippen LogP contribution >= 0.6 is 23.2 Å². The van der Waals surface area contributed by atoms with Crippen molar-refractivity contribution in [1.29, 1.82) is 0 Å². The highest BCUT2D eigenvalue weighted by Gasteiger charge is 2.27. The van der Waals surface area contributed by atoms with Gasteiger partial charge in [0.1, 0.15) is 5.56 Å². The second-order valence-corrected chi connectivity index (χ2v) is 9.04. The maximum absolute atomic E-state index is 13.1. The minimum Gasteiger partial charge on any atom is -0.394 e. The summed E-state index contributed by atoms with van der Waals surface area (Å²) < 4.78 is 1.66. The maximum atomic E-state index is 13.1. The van der Waals surface area contributed by atoms with Gasteiger partial charge in [-0.25, -0.2) is 9.50 Å². The van der Waals surface area contributed by atoms with Gasteiger partial charge in [-0.15, -0.1) is 0 Å². The highest BCUT2D eigenvalue weighted by molar-refractivity contribution is 6.33. The Hall–Kier alpha value is -2.93. The summed E-state index contributed by atoms with van der Waals surface area (Å²) in [6, 6.07) is 14.9. The number of nitrogens with zero attached hydrogens (tertiary/aromatic N) is 3. The van der Waals surface area contributed by atoms with Crippen molar-refractivity contribution in [2.24, 2.45) is 0 Å². The number of amides is 1. The first-order valence-corrected chi connectivity index (χ1v) is 10.8. The van der Waals surface area contributed by atoms with Gasteiger partial charge < -0.3 is 10.4 Å². The maximum Gasteiger partial charge on any atom is 0.257 e. The molecule has 0 aliphatic heterocycles. The molecule has 2 aromatic carbocycles. The van der Waals surface area contributed by atoms with Crippen LogP contribution in [0.25, 0.3) is 28.0 Å². The monoisotopic (exact) mass is 468 g/mol. The number of aliphatic hydroxyl groups excluding tert-OH is 1. The molecule has 8 heteroatoms. The number of aromatic nitrogens is 3. The van der Waals surface area contributed by atoms with Crippen LogP contribution in [0, 0.1) is 6.92 Å². The summed E-state index contributed by atoms with van der Waals surface area (Å²) in [5, 5.41) is 18.2. The van der Waals surface area contributed by atoms with E-state index < -0.39 is 5.54 Å². The Balaban J connectivity index is 1.99. The molecule has 6 nitrogen and oxygen atoms in total. The Labute approximate surface area is 195 Å².